The van der Waals surface area contributed by atoms with Crippen LogP contribution in [0.25, 0.3) is 0 Å². The first-order valence-corrected chi connectivity index (χ1v) is 19.1. The molecule has 1 aliphatic heterocycles. The highest BCUT2D eigenvalue weighted by Gasteiger charge is 2.48. The fraction of sp³-hybridized carbons (Fsp3) is 0.368. The van der Waals surface area contributed by atoms with Crippen molar-refractivity contribution in [2.75, 3.05) is 26.7 Å². The van der Waals surface area contributed by atoms with Gasteiger partial charge in [-0.25, -0.2) is 0 Å². The Labute approximate surface area is 274 Å². The zero-order valence-corrected chi connectivity index (χ0v) is 28.0. The summed E-state index contributed by atoms with van der Waals surface area (Å²) in [4.78, 5) is 0. The Bertz CT molecular complexity index is 1390. The molecule has 8 heteroatoms. The topological polar surface area (TPSA) is 64.6 Å². The molecule has 7 nitrogen and oxygen atoms in total. The normalized spacial score (nSPS) is 21.7. The van der Waals surface area contributed by atoms with Crippen LogP contribution in [0, 0.1) is 0 Å². The molecule has 46 heavy (non-hydrogen) atoms. The number of rotatable bonds is 17. The molecule has 0 spiro atoms. The van der Waals surface area contributed by atoms with Gasteiger partial charge in [0.05, 0.1) is 26.4 Å². The van der Waals surface area contributed by atoms with E-state index in [9.17, 15) is 0 Å². The fourth-order valence-electron chi connectivity index (χ4n) is 5.56. The lowest BCUT2D eigenvalue weighted by Crippen LogP contribution is -2.61. The lowest BCUT2D eigenvalue weighted by Gasteiger charge is -2.45. The molecule has 4 aromatic carbocycles. The Morgan fingerprint density at radius 1 is 0.565 bits per heavy atom. The molecule has 0 N–H and O–H groups in total. The largest absolute Gasteiger partial charge is 0.368 e. The standard InChI is InChI=1S/C38H46O7Si/c1-39-38-37(44-26-32-20-12-6-13-21-32)36(43-25-31-18-10-5-11-19-31)35(42-24-30-16-8-4-9-17-30)34(45-38)27-40-28-41-29-46(2,3)33-22-14-7-15-23-33/h4-23,34-38H,24-29H2,1-3H3/t34-,35-,36+,37+,38+/m1/s1. The summed E-state index contributed by atoms with van der Waals surface area (Å²) in [6.07, 6.45) is -2.11. The Balaban J connectivity index is 1.31. The second-order valence-electron chi connectivity index (χ2n) is 12.1. The van der Waals surface area contributed by atoms with Gasteiger partial charge in [0.15, 0.2) is 6.29 Å². The van der Waals surface area contributed by atoms with Gasteiger partial charge in [0.2, 0.25) is 0 Å². The number of benzene rings is 4. The van der Waals surface area contributed by atoms with Crippen LogP contribution >= 0.6 is 0 Å². The average molecular weight is 643 g/mol. The molecule has 244 valence electrons. The smallest absolute Gasteiger partial charge is 0.186 e. The third-order valence-electron chi connectivity index (χ3n) is 8.15. The van der Waals surface area contributed by atoms with E-state index in [0.717, 1.165) is 16.7 Å². The maximum atomic E-state index is 6.66. The van der Waals surface area contributed by atoms with Crippen molar-refractivity contribution in [1.29, 1.82) is 0 Å². The van der Waals surface area contributed by atoms with Crippen LogP contribution in [0.2, 0.25) is 13.1 Å². The Hall–Kier alpha value is -3.18. The number of ether oxygens (including phenoxy) is 7. The van der Waals surface area contributed by atoms with Crippen molar-refractivity contribution in [3.8, 4) is 0 Å². The lowest BCUT2D eigenvalue weighted by atomic mass is 9.98. The van der Waals surface area contributed by atoms with Gasteiger partial charge < -0.3 is 33.2 Å². The maximum Gasteiger partial charge on any atom is 0.186 e. The molecule has 0 bridgehead atoms. The van der Waals surface area contributed by atoms with E-state index in [2.05, 4.69) is 37.4 Å². The van der Waals surface area contributed by atoms with E-state index >= 15 is 0 Å². The van der Waals surface area contributed by atoms with Gasteiger partial charge in [0.1, 0.15) is 39.3 Å². The highest BCUT2D eigenvalue weighted by atomic mass is 28.3. The number of hydrogen-bond acceptors (Lipinski definition) is 7. The molecular weight excluding hydrogens is 596 g/mol. The van der Waals surface area contributed by atoms with E-state index < -0.39 is 38.8 Å². The van der Waals surface area contributed by atoms with Crippen LogP contribution in [0.1, 0.15) is 16.7 Å². The summed E-state index contributed by atoms with van der Waals surface area (Å²) in [5, 5.41) is 1.35. The summed E-state index contributed by atoms with van der Waals surface area (Å²) in [6, 6.07) is 40.8. The van der Waals surface area contributed by atoms with Gasteiger partial charge in [-0.2, -0.15) is 0 Å². The molecule has 0 radical (unpaired) electrons. The summed E-state index contributed by atoms with van der Waals surface area (Å²) in [5.41, 5.74) is 3.15. The zero-order valence-electron chi connectivity index (χ0n) is 27.0. The Kier molecular flexibility index (Phi) is 13.1. The predicted octanol–water partition coefficient (Wildman–Crippen LogP) is 6.26. The maximum absolute atomic E-state index is 6.66. The molecule has 0 amide bonds. The van der Waals surface area contributed by atoms with Crippen LogP contribution in [0.3, 0.4) is 0 Å². The predicted molar refractivity (Wildman–Crippen MR) is 181 cm³/mol. The van der Waals surface area contributed by atoms with E-state index in [1.807, 2.05) is 97.1 Å². The van der Waals surface area contributed by atoms with Crippen LogP contribution in [0.15, 0.2) is 121 Å². The highest BCUT2D eigenvalue weighted by Crippen LogP contribution is 2.31. The van der Waals surface area contributed by atoms with Gasteiger partial charge in [-0.1, -0.05) is 140 Å². The molecule has 1 heterocycles. The summed E-state index contributed by atoms with van der Waals surface area (Å²) in [6.45, 7) is 6.13. The number of hydrogen-bond donors (Lipinski definition) is 0. The lowest BCUT2D eigenvalue weighted by molar-refractivity contribution is -0.324. The van der Waals surface area contributed by atoms with Crippen LogP contribution in [-0.4, -0.2) is 65.5 Å². The van der Waals surface area contributed by atoms with Gasteiger partial charge >= 0.3 is 0 Å². The van der Waals surface area contributed by atoms with E-state index in [1.54, 1.807) is 7.11 Å². The van der Waals surface area contributed by atoms with Crippen molar-refractivity contribution in [1.82, 2.24) is 0 Å². The van der Waals surface area contributed by atoms with Gasteiger partial charge in [-0.15, -0.1) is 0 Å². The second kappa shape index (κ2) is 17.7. The second-order valence-corrected chi connectivity index (χ2v) is 16.8. The van der Waals surface area contributed by atoms with Crippen LogP contribution in [-0.2, 0) is 53.0 Å². The van der Waals surface area contributed by atoms with Crippen molar-refractivity contribution < 1.29 is 33.2 Å². The van der Waals surface area contributed by atoms with Crippen molar-refractivity contribution in [2.24, 2.45) is 0 Å². The summed E-state index contributed by atoms with van der Waals surface area (Å²) in [7, 11) is -0.139. The van der Waals surface area contributed by atoms with E-state index in [1.165, 1.54) is 5.19 Å². The SMILES string of the molecule is CO[C@H]1O[C@H](COCOC[Si](C)(C)c2ccccc2)[C@@H](OCc2ccccc2)[C@H](OCc2ccccc2)[C@@H]1OCc1ccccc1. The quantitative estimate of drug-likeness (QED) is 0.0766. The first kappa shape index (κ1) is 34.2. The Morgan fingerprint density at radius 2 is 1.02 bits per heavy atom. The van der Waals surface area contributed by atoms with E-state index in [4.69, 9.17) is 33.2 Å². The van der Waals surface area contributed by atoms with Gasteiger partial charge in [-0.3, -0.25) is 0 Å². The third-order valence-corrected chi connectivity index (χ3v) is 11.0. The molecule has 5 atom stereocenters. The van der Waals surface area contributed by atoms with Crippen molar-refractivity contribution >= 4 is 13.3 Å². The number of methoxy groups -OCH3 is 1. The first-order chi connectivity index (χ1) is 22.5. The van der Waals surface area contributed by atoms with E-state index in [0.29, 0.717) is 26.1 Å². The van der Waals surface area contributed by atoms with Crippen LogP contribution in [0.4, 0.5) is 0 Å². The minimum absolute atomic E-state index is 0.148. The van der Waals surface area contributed by atoms with Gasteiger partial charge in [0.25, 0.3) is 0 Å². The minimum Gasteiger partial charge on any atom is -0.368 e. The monoisotopic (exact) mass is 642 g/mol. The average Bonchev–Trinajstić information content (AvgIpc) is 3.10. The summed E-state index contributed by atoms with van der Waals surface area (Å²) < 4.78 is 44.3. The molecule has 0 unspecified atom stereocenters. The molecule has 1 fully saturated rings. The van der Waals surface area contributed by atoms with E-state index in [-0.39, 0.29) is 13.4 Å². The van der Waals surface area contributed by atoms with Crippen molar-refractivity contribution in [2.45, 2.75) is 63.6 Å². The third kappa shape index (κ3) is 9.91. The Morgan fingerprint density at radius 3 is 1.52 bits per heavy atom. The highest BCUT2D eigenvalue weighted by molar-refractivity contribution is 6.89. The fourth-order valence-corrected chi connectivity index (χ4v) is 7.42. The molecule has 0 saturated carbocycles. The van der Waals surface area contributed by atoms with Crippen LogP contribution < -0.4 is 5.19 Å². The van der Waals surface area contributed by atoms with Gasteiger partial charge in [0, 0.05) is 13.3 Å². The van der Waals surface area contributed by atoms with Crippen LogP contribution in [0.5, 0.6) is 0 Å². The van der Waals surface area contributed by atoms with Gasteiger partial charge in [-0.05, 0) is 16.7 Å². The van der Waals surface area contributed by atoms with Crippen molar-refractivity contribution in [3.05, 3.63) is 138 Å². The minimum atomic E-state index is -1.76. The summed E-state index contributed by atoms with van der Waals surface area (Å²) >= 11 is 0. The molecule has 0 aliphatic carbocycles. The molecule has 4 aromatic rings. The molecule has 1 aliphatic rings. The van der Waals surface area contributed by atoms with Crippen molar-refractivity contribution in [3.63, 3.8) is 0 Å². The molecular formula is C38H46O7Si. The molecule has 0 aromatic heterocycles. The molecule has 5 rings (SSSR count). The zero-order chi connectivity index (χ0) is 32.0. The summed E-state index contributed by atoms with van der Waals surface area (Å²) in [5.74, 6) is 0. The first-order valence-electron chi connectivity index (χ1n) is 15.9. The molecule has 1 saturated heterocycles.